The summed E-state index contributed by atoms with van der Waals surface area (Å²) in [5, 5.41) is 13.7. The van der Waals surface area contributed by atoms with Crippen molar-refractivity contribution in [1.82, 2.24) is 0 Å². The second-order valence-corrected chi connectivity index (χ2v) is 7.77. The molecule has 0 spiro atoms. The maximum absolute atomic E-state index is 12.4. The molecule has 0 heterocycles. The van der Waals surface area contributed by atoms with E-state index >= 15 is 0 Å². The van der Waals surface area contributed by atoms with Crippen LogP contribution in [0.1, 0.15) is 11.1 Å². The number of sulfonamides is 1. The highest BCUT2D eigenvalue weighted by molar-refractivity contribution is 7.92. The van der Waals surface area contributed by atoms with E-state index in [1.54, 1.807) is 19.1 Å². The van der Waals surface area contributed by atoms with Gasteiger partial charge in [-0.05, 0) is 31.0 Å². The van der Waals surface area contributed by atoms with Crippen molar-refractivity contribution in [3.05, 3.63) is 63.7 Å². The van der Waals surface area contributed by atoms with E-state index < -0.39 is 27.4 Å². The van der Waals surface area contributed by atoms with Gasteiger partial charge >= 0.3 is 0 Å². The Morgan fingerprint density at radius 2 is 1.81 bits per heavy atom. The van der Waals surface area contributed by atoms with Crippen molar-refractivity contribution in [2.75, 3.05) is 22.4 Å². The van der Waals surface area contributed by atoms with Crippen LogP contribution in [0.3, 0.4) is 0 Å². The predicted molar refractivity (Wildman–Crippen MR) is 99.8 cm³/mol. The van der Waals surface area contributed by atoms with Crippen LogP contribution >= 0.6 is 0 Å². The average Bonchev–Trinajstić information content (AvgIpc) is 2.54. The fourth-order valence-corrected chi connectivity index (χ4v) is 3.30. The van der Waals surface area contributed by atoms with Crippen LogP contribution in [-0.4, -0.2) is 32.0 Å². The van der Waals surface area contributed by atoms with Crippen molar-refractivity contribution in [2.45, 2.75) is 13.8 Å². The number of hydrogen-bond acceptors (Lipinski definition) is 5. The summed E-state index contributed by atoms with van der Waals surface area (Å²) in [4.78, 5) is 22.8. The number of anilines is 2. The number of hydrogen-bond donors (Lipinski definition) is 1. The summed E-state index contributed by atoms with van der Waals surface area (Å²) in [7, 11) is -3.83. The van der Waals surface area contributed by atoms with Crippen molar-refractivity contribution in [3.8, 4) is 0 Å². The lowest BCUT2D eigenvalue weighted by Gasteiger charge is -2.23. The SMILES string of the molecule is Cc1ccccc1NC(=O)CN(c1cc([N+](=O)[O-])ccc1C)S(C)(=O)=O. The van der Waals surface area contributed by atoms with Crippen molar-refractivity contribution in [2.24, 2.45) is 0 Å². The van der Waals surface area contributed by atoms with Gasteiger partial charge in [-0.1, -0.05) is 24.3 Å². The summed E-state index contributed by atoms with van der Waals surface area (Å²) in [6.07, 6.45) is 0.951. The van der Waals surface area contributed by atoms with Gasteiger partial charge in [-0.2, -0.15) is 0 Å². The number of nitrogens with one attached hydrogen (secondary N) is 1. The van der Waals surface area contributed by atoms with E-state index in [9.17, 15) is 23.3 Å². The van der Waals surface area contributed by atoms with Gasteiger partial charge in [-0.25, -0.2) is 8.42 Å². The molecule has 1 N–H and O–H groups in total. The number of carbonyl (C=O) groups is 1. The van der Waals surface area contributed by atoms with E-state index in [4.69, 9.17) is 0 Å². The minimum atomic E-state index is -3.83. The van der Waals surface area contributed by atoms with E-state index in [0.717, 1.165) is 22.2 Å². The third kappa shape index (κ3) is 4.57. The van der Waals surface area contributed by atoms with Gasteiger partial charge in [0.1, 0.15) is 6.54 Å². The summed E-state index contributed by atoms with van der Waals surface area (Å²) in [5.74, 6) is -0.546. The second-order valence-electron chi connectivity index (χ2n) is 5.86. The maximum Gasteiger partial charge on any atom is 0.271 e. The molecule has 0 saturated heterocycles. The molecule has 2 rings (SSSR count). The Bertz CT molecular complexity index is 957. The molecule has 138 valence electrons. The number of non-ortho nitro benzene ring substituents is 1. The van der Waals surface area contributed by atoms with Crippen LogP contribution in [-0.2, 0) is 14.8 Å². The molecule has 1 amide bonds. The fraction of sp³-hybridized carbons (Fsp3) is 0.235. The van der Waals surface area contributed by atoms with Gasteiger partial charge in [-0.3, -0.25) is 19.2 Å². The molecule has 0 aliphatic heterocycles. The van der Waals surface area contributed by atoms with Crippen LogP contribution in [0, 0.1) is 24.0 Å². The highest BCUT2D eigenvalue weighted by atomic mass is 32.2. The second kappa shape index (κ2) is 7.52. The molecular weight excluding hydrogens is 358 g/mol. The summed E-state index contributed by atoms with van der Waals surface area (Å²) >= 11 is 0. The van der Waals surface area contributed by atoms with E-state index in [2.05, 4.69) is 5.32 Å². The molecule has 0 aliphatic carbocycles. The Morgan fingerprint density at radius 1 is 1.15 bits per heavy atom. The summed E-state index contributed by atoms with van der Waals surface area (Å²) in [6.45, 7) is 2.94. The van der Waals surface area contributed by atoms with E-state index in [0.29, 0.717) is 11.3 Å². The number of nitro benzene ring substituents is 1. The Balaban J connectivity index is 2.35. The fourth-order valence-electron chi connectivity index (χ4n) is 2.39. The van der Waals surface area contributed by atoms with Crippen LogP contribution in [0.2, 0.25) is 0 Å². The number of nitrogens with zero attached hydrogens (tertiary/aromatic N) is 2. The molecule has 0 atom stereocenters. The number of aryl methyl sites for hydroxylation is 2. The molecule has 8 nitrogen and oxygen atoms in total. The lowest BCUT2D eigenvalue weighted by Crippen LogP contribution is -2.38. The quantitative estimate of drug-likeness (QED) is 0.615. The largest absolute Gasteiger partial charge is 0.324 e. The molecule has 0 fully saturated rings. The third-order valence-electron chi connectivity index (χ3n) is 3.78. The zero-order valence-electron chi connectivity index (χ0n) is 14.6. The first kappa shape index (κ1) is 19.4. The number of nitro groups is 1. The van der Waals surface area contributed by atoms with Crippen molar-refractivity contribution in [1.29, 1.82) is 0 Å². The Hall–Kier alpha value is -2.94. The smallest absolute Gasteiger partial charge is 0.271 e. The van der Waals surface area contributed by atoms with Crippen molar-refractivity contribution < 1.29 is 18.1 Å². The lowest BCUT2D eigenvalue weighted by atomic mass is 10.2. The van der Waals surface area contributed by atoms with Gasteiger partial charge in [0.2, 0.25) is 15.9 Å². The Morgan fingerprint density at radius 3 is 2.38 bits per heavy atom. The molecule has 9 heteroatoms. The highest BCUT2D eigenvalue weighted by Crippen LogP contribution is 2.27. The normalized spacial score (nSPS) is 11.0. The van der Waals surface area contributed by atoms with Crippen LogP contribution in [0.25, 0.3) is 0 Å². The molecule has 0 saturated carbocycles. The molecule has 0 radical (unpaired) electrons. The summed E-state index contributed by atoms with van der Waals surface area (Å²) in [6, 6.07) is 11.0. The first-order valence-electron chi connectivity index (χ1n) is 7.68. The van der Waals surface area contributed by atoms with Crippen LogP contribution in [0.4, 0.5) is 17.1 Å². The number of carbonyl (C=O) groups excluding carboxylic acids is 1. The Kier molecular flexibility index (Phi) is 5.61. The first-order chi connectivity index (χ1) is 12.1. The van der Waals surface area contributed by atoms with Crippen LogP contribution in [0.5, 0.6) is 0 Å². The number of para-hydroxylation sites is 1. The minimum absolute atomic E-state index is 0.0987. The minimum Gasteiger partial charge on any atom is -0.324 e. The Labute approximate surface area is 151 Å². The molecule has 0 aromatic heterocycles. The first-order valence-corrected chi connectivity index (χ1v) is 9.52. The predicted octanol–water partition coefficient (Wildman–Crippen LogP) is 2.62. The third-order valence-corrected chi connectivity index (χ3v) is 4.91. The number of benzene rings is 2. The topological polar surface area (TPSA) is 110 Å². The number of amides is 1. The monoisotopic (exact) mass is 377 g/mol. The molecule has 0 unspecified atom stereocenters. The molecule has 0 aliphatic rings. The van der Waals surface area contributed by atoms with Crippen molar-refractivity contribution in [3.63, 3.8) is 0 Å². The zero-order valence-corrected chi connectivity index (χ0v) is 15.4. The van der Waals surface area contributed by atoms with Gasteiger partial charge < -0.3 is 5.32 Å². The van der Waals surface area contributed by atoms with E-state index in [-0.39, 0.29) is 11.4 Å². The van der Waals surface area contributed by atoms with Crippen LogP contribution in [0.15, 0.2) is 42.5 Å². The van der Waals surface area contributed by atoms with E-state index in [1.165, 1.54) is 12.1 Å². The lowest BCUT2D eigenvalue weighted by molar-refractivity contribution is -0.384. The summed E-state index contributed by atoms with van der Waals surface area (Å²) in [5.41, 5.74) is 1.75. The molecule has 26 heavy (non-hydrogen) atoms. The van der Waals surface area contributed by atoms with Gasteiger partial charge in [0.25, 0.3) is 5.69 Å². The van der Waals surface area contributed by atoms with Crippen molar-refractivity contribution >= 4 is 33.0 Å². The van der Waals surface area contributed by atoms with E-state index in [1.807, 2.05) is 19.1 Å². The van der Waals surface area contributed by atoms with Gasteiger partial charge in [0.05, 0.1) is 16.9 Å². The molecule has 0 bridgehead atoms. The average molecular weight is 377 g/mol. The van der Waals surface area contributed by atoms with Gasteiger partial charge in [0.15, 0.2) is 0 Å². The molecule has 2 aromatic rings. The molecular formula is C17H19N3O5S. The number of rotatable bonds is 6. The zero-order chi connectivity index (χ0) is 19.5. The van der Waals surface area contributed by atoms with Crippen LogP contribution < -0.4 is 9.62 Å². The molecule has 2 aromatic carbocycles. The van der Waals surface area contributed by atoms with Gasteiger partial charge in [-0.15, -0.1) is 0 Å². The highest BCUT2D eigenvalue weighted by Gasteiger charge is 2.24. The summed E-state index contributed by atoms with van der Waals surface area (Å²) < 4.78 is 25.3. The van der Waals surface area contributed by atoms with Gasteiger partial charge in [0, 0.05) is 17.8 Å². The maximum atomic E-state index is 12.4. The standard InChI is InChI=1S/C17H19N3O5S/c1-12-6-4-5-7-15(12)18-17(21)11-19(26(3,24)25)16-10-14(20(22)23)9-8-13(16)2/h4-10H,11H2,1-3H3,(H,18,21).